The lowest BCUT2D eigenvalue weighted by molar-refractivity contribution is -0.122. The first kappa shape index (κ1) is 20.9. The molecule has 0 radical (unpaired) electrons. The number of sulfonamides is 1. The minimum absolute atomic E-state index is 0.186. The molecule has 1 aliphatic rings. The maximum atomic E-state index is 13.1. The summed E-state index contributed by atoms with van der Waals surface area (Å²) in [5.74, 6) is 0.306. The van der Waals surface area contributed by atoms with Crippen LogP contribution in [-0.4, -0.2) is 27.0 Å². The monoisotopic (exact) mass is 436 g/mol. The maximum absolute atomic E-state index is 13.1. The molecule has 31 heavy (non-hydrogen) atoms. The predicted molar refractivity (Wildman–Crippen MR) is 121 cm³/mol. The summed E-state index contributed by atoms with van der Waals surface area (Å²) in [5, 5.41) is 2.77. The summed E-state index contributed by atoms with van der Waals surface area (Å²) < 4.78 is 33.3. The van der Waals surface area contributed by atoms with Gasteiger partial charge in [-0.3, -0.25) is 9.10 Å². The Morgan fingerprint density at radius 1 is 1.03 bits per heavy atom. The third-order valence-electron chi connectivity index (χ3n) is 5.23. The number of benzene rings is 3. The van der Waals surface area contributed by atoms with Gasteiger partial charge in [-0.1, -0.05) is 30.3 Å². The van der Waals surface area contributed by atoms with E-state index in [0.717, 1.165) is 16.8 Å². The number of nitrogens with one attached hydrogen (secondary N) is 1. The van der Waals surface area contributed by atoms with Crippen LogP contribution in [0.3, 0.4) is 0 Å². The standard InChI is InChI=1S/C24H24N2O4S/c1-17-6-5-8-21(16-17)30-18(2)24(27)25-20-10-12-22(13-11-20)31(28,29)26-15-14-19-7-3-4-9-23(19)26/h3-13,16,18H,14-15H2,1-2H3,(H,25,27). The molecule has 1 heterocycles. The molecule has 1 N–H and O–H groups in total. The Hall–Kier alpha value is -3.32. The van der Waals surface area contributed by atoms with Crippen molar-refractivity contribution in [2.24, 2.45) is 0 Å². The molecule has 1 amide bonds. The van der Waals surface area contributed by atoms with Crippen LogP contribution in [0.5, 0.6) is 5.75 Å². The summed E-state index contributed by atoms with van der Waals surface area (Å²) in [5.41, 5.74) is 3.30. The van der Waals surface area contributed by atoms with E-state index >= 15 is 0 Å². The van der Waals surface area contributed by atoms with E-state index in [1.807, 2.05) is 49.4 Å². The number of para-hydroxylation sites is 1. The van der Waals surface area contributed by atoms with Crippen LogP contribution in [0.4, 0.5) is 11.4 Å². The van der Waals surface area contributed by atoms with Crippen LogP contribution < -0.4 is 14.4 Å². The van der Waals surface area contributed by atoms with Gasteiger partial charge in [0, 0.05) is 12.2 Å². The molecule has 1 aliphatic heterocycles. The maximum Gasteiger partial charge on any atom is 0.265 e. The Kier molecular flexibility index (Phi) is 5.69. The second-order valence-electron chi connectivity index (χ2n) is 7.55. The normalized spacial score (nSPS) is 14.1. The largest absolute Gasteiger partial charge is 0.481 e. The first-order valence-electron chi connectivity index (χ1n) is 10.1. The van der Waals surface area contributed by atoms with Crippen LogP contribution in [0.1, 0.15) is 18.1 Å². The van der Waals surface area contributed by atoms with Crippen molar-refractivity contribution >= 4 is 27.3 Å². The smallest absolute Gasteiger partial charge is 0.265 e. The van der Waals surface area contributed by atoms with Crippen LogP contribution in [0, 0.1) is 6.92 Å². The molecule has 0 aliphatic carbocycles. The highest BCUT2D eigenvalue weighted by atomic mass is 32.2. The van der Waals surface area contributed by atoms with Gasteiger partial charge in [-0.15, -0.1) is 0 Å². The van der Waals surface area contributed by atoms with Gasteiger partial charge in [0.15, 0.2) is 6.10 Å². The molecule has 1 unspecified atom stereocenters. The second-order valence-corrected chi connectivity index (χ2v) is 9.41. The minimum Gasteiger partial charge on any atom is -0.481 e. The molecule has 0 aromatic heterocycles. The van der Waals surface area contributed by atoms with Crippen LogP contribution in [-0.2, 0) is 21.2 Å². The van der Waals surface area contributed by atoms with E-state index in [1.165, 1.54) is 16.4 Å². The SMILES string of the molecule is Cc1cccc(OC(C)C(=O)Nc2ccc(S(=O)(=O)N3CCc4ccccc43)cc2)c1. The van der Waals surface area contributed by atoms with Crippen LogP contribution in [0.25, 0.3) is 0 Å². The summed E-state index contributed by atoms with van der Waals surface area (Å²) in [4.78, 5) is 12.7. The van der Waals surface area contributed by atoms with Gasteiger partial charge in [-0.05, 0) is 73.9 Å². The van der Waals surface area contributed by atoms with Crippen molar-refractivity contribution in [2.45, 2.75) is 31.3 Å². The number of hydrogen-bond acceptors (Lipinski definition) is 4. The van der Waals surface area contributed by atoms with Crippen LogP contribution in [0.15, 0.2) is 77.7 Å². The fraction of sp³-hybridized carbons (Fsp3) is 0.208. The van der Waals surface area contributed by atoms with E-state index in [2.05, 4.69) is 5.32 Å². The fourth-order valence-electron chi connectivity index (χ4n) is 3.59. The average molecular weight is 437 g/mol. The molecule has 4 rings (SSSR count). The summed E-state index contributed by atoms with van der Waals surface area (Å²) >= 11 is 0. The highest BCUT2D eigenvalue weighted by Gasteiger charge is 2.30. The number of carbonyl (C=O) groups is 1. The molecule has 0 fully saturated rings. The van der Waals surface area contributed by atoms with E-state index in [4.69, 9.17) is 4.74 Å². The van der Waals surface area contributed by atoms with Gasteiger partial charge >= 0.3 is 0 Å². The van der Waals surface area contributed by atoms with E-state index in [0.29, 0.717) is 24.4 Å². The summed E-state index contributed by atoms with van der Waals surface area (Å²) in [6.07, 6.45) is -0.00569. The third-order valence-corrected chi connectivity index (χ3v) is 7.05. The van der Waals surface area contributed by atoms with Crippen molar-refractivity contribution < 1.29 is 17.9 Å². The number of hydrogen-bond donors (Lipinski definition) is 1. The van der Waals surface area contributed by atoms with Crippen LogP contribution in [0.2, 0.25) is 0 Å². The molecular weight excluding hydrogens is 412 g/mol. The second kappa shape index (κ2) is 8.43. The third kappa shape index (κ3) is 4.41. The molecule has 0 saturated heterocycles. The lowest BCUT2D eigenvalue weighted by Crippen LogP contribution is -2.30. The number of carbonyl (C=O) groups excluding carboxylic acids is 1. The Morgan fingerprint density at radius 2 is 1.77 bits per heavy atom. The van der Waals surface area contributed by atoms with E-state index in [-0.39, 0.29) is 10.8 Å². The van der Waals surface area contributed by atoms with E-state index < -0.39 is 16.1 Å². The van der Waals surface area contributed by atoms with Crippen molar-refractivity contribution in [1.29, 1.82) is 0 Å². The van der Waals surface area contributed by atoms with Crippen molar-refractivity contribution in [2.75, 3.05) is 16.2 Å². The Balaban J connectivity index is 1.44. The van der Waals surface area contributed by atoms with Gasteiger partial charge in [0.2, 0.25) is 0 Å². The molecule has 0 bridgehead atoms. The van der Waals surface area contributed by atoms with E-state index in [1.54, 1.807) is 25.1 Å². The first-order chi connectivity index (χ1) is 14.8. The van der Waals surface area contributed by atoms with Gasteiger partial charge in [0.25, 0.3) is 15.9 Å². The predicted octanol–water partition coefficient (Wildman–Crippen LogP) is 4.15. The molecular formula is C24H24N2O4S. The molecule has 0 spiro atoms. The Morgan fingerprint density at radius 3 is 2.52 bits per heavy atom. The highest BCUT2D eigenvalue weighted by Crippen LogP contribution is 2.32. The molecule has 1 atom stereocenters. The first-order valence-corrected chi connectivity index (χ1v) is 11.5. The Labute approximate surface area is 182 Å². The van der Waals surface area contributed by atoms with Crippen molar-refractivity contribution in [3.63, 3.8) is 0 Å². The quantitative estimate of drug-likeness (QED) is 0.630. The minimum atomic E-state index is -3.66. The summed E-state index contributed by atoms with van der Waals surface area (Å²) in [6, 6.07) is 21.2. The summed E-state index contributed by atoms with van der Waals surface area (Å²) in [7, 11) is -3.66. The van der Waals surface area contributed by atoms with Gasteiger partial charge in [0.05, 0.1) is 10.6 Å². The van der Waals surface area contributed by atoms with E-state index in [9.17, 15) is 13.2 Å². The molecule has 3 aromatic rings. The zero-order chi connectivity index (χ0) is 22.0. The molecule has 7 heteroatoms. The lowest BCUT2D eigenvalue weighted by Gasteiger charge is -2.20. The molecule has 6 nitrogen and oxygen atoms in total. The van der Waals surface area contributed by atoms with Crippen LogP contribution >= 0.6 is 0 Å². The molecule has 3 aromatic carbocycles. The number of ether oxygens (including phenoxy) is 1. The fourth-order valence-corrected chi connectivity index (χ4v) is 5.09. The van der Waals surface area contributed by atoms with Crippen molar-refractivity contribution in [3.8, 4) is 5.75 Å². The van der Waals surface area contributed by atoms with Gasteiger partial charge in [-0.25, -0.2) is 8.42 Å². The number of aryl methyl sites for hydroxylation is 1. The number of fused-ring (bicyclic) bond motifs is 1. The highest BCUT2D eigenvalue weighted by molar-refractivity contribution is 7.92. The zero-order valence-electron chi connectivity index (χ0n) is 17.4. The van der Waals surface area contributed by atoms with Crippen molar-refractivity contribution in [1.82, 2.24) is 0 Å². The summed E-state index contributed by atoms with van der Waals surface area (Å²) in [6.45, 7) is 4.04. The molecule has 0 saturated carbocycles. The van der Waals surface area contributed by atoms with Gasteiger partial charge in [0.1, 0.15) is 5.75 Å². The number of rotatable bonds is 6. The zero-order valence-corrected chi connectivity index (χ0v) is 18.2. The topological polar surface area (TPSA) is 75.7 Å². The molecule has 160 valence electrons. The van der Waals surface area contributed by atoms with Gasteiger partial charge < -0.3 is 10.1 Å². The number of anilines is 2. The van der Waals surface area contributed by atoms with Gasteiger partial charge in [-0.2, -0.15) is 0 Å². The van der Waals surface area contributed by atoms with Crippen molar-refractivity contribution in [3.05, 3.63) is 83.9 Å². The average Bonchev–Trinajstić information content (AvgIpc) is 3.19. The lowest BCUT2D eigenvalue weighted by atomic mass is 10.2. The number of nitrogens with zero attached hydrogens (tertiary/aromatic N) is 1. The Bertz CT molecular complexity index is 1210. The number of amides is 1.